The lowest BCUT2D eigenvalue weighted by Gasteiger charge is -2.10. The summed E-state index contributed by atoms with van der Waals surface area (Å²) in [5.74, 6) is -0.197. The largest absolute Gasteiger partial charge is 0.478 e. The van der Waals surface area contributed by atoms with E-state index >= 15 is 0 Å². The molecule has 0 atom stereocenters. The number of benzene rings is 2. The highest BCUT2D eigenvalue weighted by Gasteiger charge is 2.16. The minimum Gasteiger partial charge on any atom is -0.478 e. The lowest BCUT2D eigenvalue weighted by atomic mass is 10.1. The fraction of sp³-hybridized carbons (Fsp3) is 0.0500. The van der Waals surface area contributed by atoms with E-state index in [2.05, 4.69) is 22.9 Å². The van der Waals surface area contributed by atoms with Crippen molar-refractivity contribution in [3.8, 4) is 11.3 Å². The van der Waals surface area contributed by atoms with Gasteiger partial charge in [0.05, 0.1) is 11.8 Å². The first-order valence-corrected chi connectivity index (χ1v) is 8.70. The second-order valence-corrected chi connectivity index (χ2v) is 6.62. The highest BCUT2D eigenvalue weighted by Crippen LogP contribution is 2.34. The first-order chi connectivity index (χ1) is 13.0. The van der Waals surface area contributed by atoms with Crippen molar-refractivity contribution in [2.45, 2.75) is 11.8 Å². The number of thiol groups is 1. The first-order valence-electron chi connectivity index (χ1n) is 8.25. The van der Waals surface area contributed by atoms with E-state index in [9.17, 15) is 4.79 Å². The highest BCUT2D eigenvalue weighted by atomic mass is 32.1. The molecule has 6 nitrogen and oxygen atoms in total. The molecule has 2 aromatic carbocycles. The van der Waals surface area contributed by atoms with Gasteiger partial charge in [-0.3, -0.25) is 9.38 Å². The molecule has 0 aliphatic heterocycles. The van der Waals surface area contributed by atoms with Crippen LogP contribution >= 0.6 is 12.6 Å². The Morgan fingerprint density at radius 2 is 1.96 bits per heavy atom. The van der Waals surface area contributed by atoms with Gasteiger partial charge in [-0.1, -0.05) is 12.1 Å². The number of carboxylic acid groups (broad SMARTS) is 1. The molecule has 0 unspecified atom stereocenters. The molecule has 0 spiro atoms. The molecule has 0 fully saturated rings. The summed E-state index contributed by atoms with van der Waals surface area (Å²) in [6.07, 6.45) is 5.20. The Kier molecular flexibility index (Phi) is 4.29. The molecule has 4 rings (SSSR count). The van der Waals surface area contributed by atoms with Crippen molar-refractivity contribution in [3.05, 3.63) is 72.2 Å². The number of fused-ring (bicyclic) bond motifs is 1. The van der Waals surface area contributed by atoms with E-state index < -0.39 is 5.97 Å². The van der Waals surface area contributed by atoms with E-state index in [-0.39, 0.29) is 5.56 Å². The van der Waals surface area contributed by atoms with Gasteiger partial charge in [-0.15, -0.1) is 12.6 Å². The molecule has 27 heavy (non-hydrogen) atoms. The van der Waals surface area contributed by atoms with Crippen molar-refractivity contribution in [2.75, 3.05) is 5.32 Å². The predicted octanol–water partition coefficient (Wildman–Crippen LogP) is 4.44. The molecule has 0 saturated carbocycles. The number of hydrogen-bond donors (Lipinski definition) is 3. The Morgan fingerprint density at radius 3 is 2.67 bits per heavy atom. The van der Waals surface area contributed by atoms with Crippen LogP contribution < -0.4 is 5.32 Å². The summed E-state index contributed by atoms with van der Waals surface area (Å²) in [5.41, 5.74) is 4.46. The molecule has 0 saturated heterocycles. The minimum absolute atomic E-state index is 0.235. The molecule has 134 valence electrons. The molecule has 2 N–H and O–H groups in total. The quantitative estimate of drug-likeness (QED) is 0.459. The van der Waals surface area contributed by atoms with Crippen molar-refractivity contribution in [3.63, 3.8) is 0 Å². The van der Waals surface area contributed by atoms with Crippen LogP contribution in [0.5, 0.6) is 0 Å². The third kappa shape index (κ3) is 3.24. The van der Waals surface area contributed by atoms with Gasteiger partial charge in [0.2, 0.25) is 0 Å². The van der Waals surface area contributed by atoms with Crippen molar-refractivity contribution < 1.29 is 9.90 Å². The first kappa shape index (κ1) is 17.1. The van der Waals surface area contributed by atoms with Crippen molar-refractivity contribution >= 4 is 35.8 Å². The molecule has 7 heteroatoms. The van der Waals surface area contributed by atoms with E-state index in [4.69, 9.17) is 10.1 Å². The van der Waals surface area contributed by atoms with Crippen LogP contribution in [0.4, 0.5) is 11.5 Å². The molecular weight excluding hydrogens is 360 g/mol. The Balaban J connectivity index is 1.84. The highest BCUT2D eigenvalue weighted by molar-refractivity contribution is 7.80. The molecule has 0 aliphatic rings. The molecule has 0 aliphatic carbocycles. The Labute approximate surface area is 160 Å². The fourth-order valence-electron chi connectivity index (χ4n) is 2.89. The zero-order chi connectivity index (χ0) is 19.0. The molecule has 4 aromatic rings. The summed E-state index contributed by atoms with van der Waals surface area (Å²) < 4.78 is 1.90. The Morgan fingerprint density at radius 1 is 1.19 bits per heavy atom. The molecule has 0 bridgehead atoms. The average molecular weight is 376 g/mol. The van der Waals surface area contributed by atoms with Gasteiger partial charge in [-0.25, -0.2) is 9.78 Å². The van der Waals surface area contributed by atoms with E-state index in [0.29, 0.717) is 5.65 Å². The van der Waals surface area contributed by atoms with E-state index in [1.54, 1.807) is 36.7 Å². The van der Waals surface area contributed by atoms with Gasteiger partial charge < -0.3 is 10.4 Å². The second kappa shape index (κ2) is 6.77. The summed E-state index contributed by atoms with van der Waals surface area (Å²) in [4.78, 5) is 20.7. The molecule has 2 heterocycles. The van der Waals surface area contributed by atoms with Crippen LogP contribution in [-0.2, 0) is 0 Å². The van der Waals surface area contributed by atoms with Gasteiger partial charge in [-0.2, -0.15) is 0 Å². The average Bonchev–Trinajstić information content (AvgIpc) is 3.00. The van der Waals surface area contributed by atoms with Gasteiger partial charge in [0.15, 0.2) is 5.65 Å². The summed E-state index contributed by atoms with van der Waals surface area (Å²) in [7, 11) is 0. The topological polar surface area (TPSA) is 79.5 Å². The number of aromatic nitrogens is 3. The van der Waals surface area contributed by atoms with Gasteiger partial charge in [0.1, 0.15) is 11.5 Å². The summed E-state index contributed by atoms with van der Waals surface area (Å²) >= 11 is 4.61. The van der Waals surface area contributed by atoms with Crippen LogP contribution in [0.15, 0.2) is 66.0 Å². The summed E-state index contributed by atoms with van der Waals surface area (Å²) in [6.45, 7) is 2.01. The zero-order valence-corrected chi connectivity index (χ0v) is 15.3. The van der Waals surface area contributed by atoms with Gasteiger partial charge >= 0.3 is 5.97 Å². The minimum atomic E-state index is -0.956. The van der Waals surface area contributed by atoms with Crippen LogP contribution in [0.2, 0.25) is 0 Å². The number of nitrogens with one attached hydrogen (secondary N) is 1. The van der Waals surface area contributed by atoms with Crippen LogP contribution in [0.3, 0.4) is 0 Å². The number of aryl methyl sites for hydroxylation is 1. The van der Waals surface area contributed by atoms with Crippen molar-refractivity contribution in [2.24, 2.45) is 0 Å². The van der Waals surface area contributed by atoms with Crippen molar-refractivity contribution in [1.82, 2.24) is 14.4 Å². The van der Waals surface area contributed by atoms with Gasteiger partial charge in [0, 0.05) is 28.5 Å². The van der Waals surface area contributed by atoms with Crippen LogP contribution in [0, 0.1) is 6.92 Å². The monoisotopic (exact) mass is 376 g/mol. The molecule has 0 radical (unpaired) electrons. The number of carboxylic acids is 1. The van der Waals surface area contributed by atoms with Crippen molar-refractivity contribution in [1.29, 1.82) is 0 Å². The SMILES string of the molecule is Cc1ccc(-c2nc3cnccn3c2Nc2ccc(C(=O)O)cc2)c(S)c1. The zero-order valence-electron chi connectivity index (χ0n) is 14.4. The maximum Gasteiger partial charge on any atom is 0.335 e. The second-order valence-electron chi connectivity index (χ2n) is 6.14. The number of hydrogen-bond acceptors (Lipinski definition) is 5. The Hall–Kier alpha value is -3.32. The van der Waals surface area contributed by atoms with Crippen LogP contribution in [-0.4, -0.2) is 25.4 Å². The van der Waals surface area contributed by atoms with E-state index in [1.165, 1.54) is 0 Å². The van der Waals surface area contributed by atoms with Gasteiger partial charge in [0.25, 0.3) is 0 Å². The lowest BCUT2D eigenvalue weighted by Crippen LogP contribution is -1.99. The van der Waals surface area contributed by atoms with E-state index in [1.807, 2.05) is 35.7 Å². The third-order valence-corrected chi connectivity index (χ3v) is 4.60. The number of imidazole rings is 1. The Bertz CT molecular complexity index is 1150. The number of nitrogens with zero attached hydrogens (tertiary/aromatic N) is 3. The lowest BCUT2D eigenvalue weighted by molar-refractivity contribution is 0.0697. The molecule has 2 aromatic heterocycles. The predicted molar refractivity (Wildman–Crippen MR) is 107 cm³/mol. The summed E-state index contributed by atoms with van der Waals surface area (Å²) in [6, 6.07) is 12.6. The van der Waals surface area contributed by atoms with Crippen LogP contribution in [0.25, 0.3) is 16.9 Å². The molecular formula is C20H16N4O2S. The molecule has 0 amide bonds. The smallest absolute Gasteiger partial charge is 0.335 e. The number of anilines is 2. The van der Waals surface area contributed by atoms with Crippen LogP contribution in [0.1, 0.15) is 15.9 Å². The normalized spacial score (nSPS) is 10.9. The maximum atomic E-state index is 11.1. The van der Waals surface area contributed by atoms with Gasteiger partial charge in [-0.05, 0) is 42.8 Å². The number of rotatable bonds is 4. The standard InChI is InChI=1S/C20H16N4O2S/c1-12-2-7-15(16(27)10-12)18-19(24-9-8-21-11-17(24)23-18)22-14-5-3-13(4-6-14)20(25)26/h2-11,22,27H,1H3,(H,25,26). The summed E-state index contributed by atoms with van der Waals surface area (Å²) in [5, 5.41) is 12.4. The van der Waals surface area contributed by atoms with E-state index in [0.717, 1.165) is 33.2 Å². The number of aromatic carboxylic acids is 1. The number of carbonyl (C=O) groups is 1. The third-order valence-electron chi connectivity index (χ3n) is 4.23. The fourth-order valence-corrected chi connectivity index (χ4v) is 3.27. The maximum absolute atomic E-state index is 11.1.